The van der Waals surface area contributed by atoms with Gasteiger partial charge in [0.15, 0.2) is 0 Å². The highest BCUT2D eigenvalue weighted by atomic mass is 32.2. The Morgan fingerprint density at radius 3 is 2.21 bits per heavy atom. The Morgan fingerprint density at radius 2 is 1.67 bits per heavy atom. The number of nitrogens with two attached hydrogens (primary N) is 1. The number of allylic oxidation sites excluding steroid dienone is 4. The van der Waals surface area contributed by atoms with Gasteiger partial charge in [0.25, 0.3) is 0 Å². The molecule has 2 N–H and O–H groups in total. The lowest BCUT2D eigenvalue weighted by Gasteiger charge is -2.09. The smallest absolute Gasteiger partial charge is 0.239 e. The van der Waals surface area contributed by atoms with Crippen molar-refractivity contribution in [2.75, 3.05) is 0 Å². The molecule has 1 saturated carbocycles. The van der Waals surface area contributed by atoms with Crippen molar-refractivity contribution in [1.82, 2.24) is 4.98 Å². The summed E-state index contributed by atoms with van der Waals surface area (Å²) >= 11 is 0. The van der Waals surface area contributed by atoms with Crippen LogP contribution in [0.5, 0.6) is 0 Å². The van der Waals surface area contributed by atoms with Gasteiger partial charge < -0.3 is 0 Å². The van der Waals surface area contributed by atoms with Crippen LogP contribution in [0.3, 0.4) is 0 Å². The van der Waals surface area contributed by atoms with E-state index in [1.807, 2.05) is 0 Å². The monoisotopic (exact) mass is 338 g/mol. The number of hydrogen-bond donors (Lipinski definition) is 1. The molecule has 4 rings (SSSR count). The molecule has 1 aromatic heterocycles. The SMILES string of the molecule is Cc1ccc(C2=CC3(C=C2c2ccc(S(N)(=O)=O)cn2)CC3)cc1. The molecule has 1 aromatic carbocycles. The number of aryl methyl sites for hydroxylation is 1. The van der Waals surface area contributed by atoms with Crippen LogP contribution in [-0.2, 0) is 10.0 Å². The zero-order valence-corrected chi connectivity index (χ0v) is 14.2. The van der Waals surface area contributed by atoms with E-state index in [2.05, 4.69) is 48.3 Å². The minimum Gasteiger partial charge on any atom is -0.255 e. The summed E-state index contributed by atoms with van der Waals surface area (Å²) in [6.45, 7) is 2.07. The van der Waals surface area contributed by atoms with E-state index in [-0.39, 0.29) is 10.3 Å². The Bertz CT molecular complexity index is 965. The quantitative estimate of drug-likeness (QED) is 0.933. The third kappa shape index (κ3) is 2.70. The molecular formula is C19H18N2O2S. The van der Waals surface area contributed by atoms with Crippen LogP contribution in [0.25, 0.3) is 11.1 Å². The van der Waals surface area contributed by atoms with Crippen molar-refractivity contribution in [1.29, 1.82) is 0 Å². The fourth-order valence-corrected chi connectivity index (χ4v) is 3.55. The Hall–Kier alpha value is -2.24. The lowest BCUT2D eigenvalue weighted by Crippen LogP contribution is -2.12. The van der Waals surface area contributed by atoms with E-state index in [0.717, 1.165) is 29.7 Å². The molecule has 2 aliphatic rings. The van der Waals surface area contributed by atoms with Crippen molar-refractivity contribution in [3.05, 3.63) is 71.6 Å². The predicted molar refractivity (Wildman–Crippen MR) is 94.4 cm³/mol. The second-order valence-corrected chi connectivity index (χ2v) is 8.20. The maximum atomic E-state index is 11.4. The van der Waals surface area contributed by atoms with Gasteiger partial charge in [-0.1, -0.05) is 42.0 Å². The Morgan fingerprint density at radius 1 is 1.00 bits per heavy atom. The molecule has 1 fully saturated rings. The summed E-state index contributed by atoms with van der Waals surface area (Å²) in [5, 5.41) is 5.15. The molecule has 5 heteroatoms. The van der Waals surface area contributed by atoms with Gasteiger partial charge in [0.1, 0.15) is 4.90 Å². The normalized spacial score (nSPS) is 18.4. The van der Waals surface area contributed by atoms with Crippen LogP contribution < -0.4 is 5.14 Å². The van der Waals surface area contributed by atoms with E-state index in [1.165, 1.54) is 23.4 Å². The number of benzene rings is 1. The molecule has 122 valence electrons. The van der Waals surface area contributed by atoms with Crippen molar-refractivity contribution in [3.8, 4) is 0 Å². The van der Waals surface area contributed by atoms with Crippen molar-refractivity contribution in [3.63, 3.8) is 0 Å². The Kier molecular flexibility index (Phi) is 3.27. The molecule has 0 amide bonds. The average Bonchev–Trinajstić information content (AvgIpc) is 3.19. The van der Waals surface area contributed by atoms with Gasteiger partial charge in [0.2, 0.25) is 10.0 Å². The average molecular weight is 338 g/mol. The predicted octanol–water partition coefficient (Wildman–Crippen LogP) is 3.30. The number of aromatic nitrogens is 1. The van der Waals surface area contributed by atoms with E-state index >= 15 is 0 Å². The van der Waals surface area contributed by atoms with Gasteiger partial charge in [-0.15, -0.1) is 0 Å². The van der Waals surface area contributed by atoms with Crippen LogP contribution in [0.2, 0.25) is 0 Å². The van der Waals surface area contributed by atoms with Gasteiger partial charge >= 0.3 is 0 Å². The largest absolute Gasteiger partial charge is 0.255 e. The van der Waals surface area contributed by atoms with Crippen LogP contribution in [0, 0.1) is 12.3 Å². The van der Waals surface area contributed by atoms with Gasteiger partial charge in [0.05, 0.1) is 5.69 Å². The molecule has 1 spiro atoms. The summed E-state index contributed by atoms with van der Waals surface area (Å²) in [4.78, 5) is 4.38. The van der Waals surface area contributed by atoms with Crippen molar-refractivity contribution in [2.24, 2.45) is 10.6 Å². The number of primary sulfonamides is 1. The highest BCUT2D eigenvalue weighted by Crippen LogP contribution is 2.57. The minimum atomic E-state index is -3.72. The fourth-order valence-electron chi connectivity index (χ4n) is 3.10. The fraction of sp³-hybridized carbons (Fsp3) is 0.211. The molecule has 2 aliphatic carbocycles. The first kappa shape index (κ1) is 15.3. The van der Waals surface area contributed by atoms with Gasteiger partial charge in [-0.3, -0.25) is 4.98 Å². The van der Waals surface area contributed by atoms with Crippen molar-refractivity contribution >= 4 is 21.2 Å². The standard InChI is InChI=1S/C19H18N2O2S/c1-13-2-4-14(5-3-13)16-10-19(8-9-19)11-17(16)18-7-6-15(12-21-18)24(20,22)23/h2-7,10-12H,8-9H2,1H3,(H2,20,22,23). The third-order valence-corrected chi connectivity index (χ3v) is 5.58. The molecule has 0 radical (unpaired) electrons. The first-order valence-electron chi connectivity index (χ1n) is 7.89. The molecule has 0 bridgehead atoms. The van der Waals surface area contributed by atoms with Gasteiger partial charge in [-0.2, -0.15) is 0 Å². The van der Waals surface area contributed by atoms with E-state index in [4.69, 9.17) is 5.14 Å². The second-order valence-electron chi connectivity index (χ2n) is 6.64. The van der Waals surface area contributed by atoms with Crippen LogP contribution in [-0.4, -0.2) is 13.4 Å². The molecule has 24 heavy (non-hydrogen) atoms. The first-order valence-corrected chi connectivity index (χ1v) is 9.43. The molecule has 1 heterocycles. The number of rotatable bonds is 3. The van der Waals surface area contributed by atoms with E-state index in [9.17, 15) is 8.42 Å². The summed E-state index contributed by atoms with van der Waals surface area (Å²) in [6.07, 6.45) is 8.22. The van der Waals surface area contributed by atoms with E-state index in [0.29, 0.717) is 0 Å². The maximum Gasteiger partial charge on any atom is 0.239 e. The van der Waals surface area contributed by atoms with Gasteiger partial charge in [-0.05, 0) is 43.0 Å². The lowest BCUT2D eigenvalue weighted by atomic mass is 9.97. The first-order chi connectivity index (χ1) is 11.4. The van der Waals surface area contributed by atoms with Gasteiger partial charge in [-0.25, -0.2) is 13.6 Å². The molecule has 2 aromatic rings. The third-order valence-electron chi connectivity index (χ3n) is 4.68. The van der Waals surface area contributed by atoms with Crippen LogP contribution in [0.1, 0.15) is 29.7 Å². The van der Waals surface area contributed by atoms with Crippen LogP contribution >= 0.6 is 0 Å². The maximum absolute atomic E-state index is 11.4. The zero-order chi connectivity index (χ0) is 16.9. The number of hydrogen-bond acceptors (Lipinski definition) is 3. The molecule has 4 nitrogen and oxygen atoms in total. The lowest BCUT2D eigenvalue weighted by molar-refractivity contribution is 0.597. The Labute approximate surface area is 141 Å². The van der Waals surface area contributed by atoms with E-state index < -0.39 is 10.0 Å². The highest BCUT2D eigenvalue weighted by molar-refractivity contribution is 7.89. The number of pyridine rings is 1. The summed E-state index contributed by atoms with van der Waals surface area (Å²) < 4.78 is 22.8. The number of nitrogens with zero attached hydrogens (tertiary/aromatic N) is 1. The topological polar surface area (TPSA) is 73.1 Å². The van der Waals surface area contributed by atoms with E-state index in [1.54, 1.807) is 6.07 Å². The molecule has 0 saturated heterocycles. The van der Waals surface area contributed by atoms with Crippen molar-refractivity contribution in [2.45, 2.75) is 24.7 Å². The number of sulfonamides is 1. The molecule has 0 unspecified atom stereocenters. The summed E-state index contributed by atoms with van der Waals surface area (Å²) in [6, 6.07) is 11.7. The minimum absolute atomic E-state index is 0.0341. The van der Waals surface area contributed by atoms with Crippen LogP contribution in [0.4, 0.5) is 0 Å². The molecule has 0 atom stereocenters. The second kappa shape index (κ2) is 5.13. The Balaban J connectivity index is 1.76. The zero-order valence-electron chi connectivity index (χ0n) is 13.4. The van der Waals surface area contributed by atoms with Crippen LogP contribution in [0.15, 0.2) is 59.6 Å². The van der Waals surface area contributed by atoms with Gasteiger partial charge in [0, 0.05) is 17.2 Å². The summed E-state index contributed by atoms with van der Waals surface area (Å²) in [7, 11) is -3.72. The molecule has 0 aliphatic heterocycles. The van der Waals surface area contributed by atoms with Crippen molar-refractivity contribution < 1.29 is 8.42 Å². The summed E-state index contributed by atoms with van der Waals surface area (Å²) in [5.41, 5.74) is 5.56. The molecular weight excluding hydrogens is 320 g/mol. The summed E-state index contributed by atoms with van der Waals surface area (Å²) in [5.74, 6) is 0. The highest BCUT2D eigenvalue weighted by Gasteiger charge is 2.43.